The lowest BCUT2D eigenvalue weighted by Crippen LogP contribution is -2.32. The third-order valence-corrected chi connectivity index (χ3v) is 4.87. The standard InChI is InChI=1S/C18H30N2/c1-14-5-6-18(13-15(14)2)16(3)19-10-7-17-8-11-20(4)12-9-17/h5-6,13,16-17,19H,7-12H2,1-4H3. The number of nitrogens with one attached hydrogen (secondary N) is 1. The first kappa shape index (κ1) is 15.5. The second-order valence-corrected chi connectivity index (χ2v) is 6.55. The fourth-order valence-corrected chi connectivity index (χ4v) is 3.01. The van der Waals surface area contributed by atoms with Gasteiger partial charge in [0.15, 0.2) is 0 Å². The van der Waals surface area contributed by atoms with E-state index >= 15 is 0 Å². The van der Waals surface area contributed by atoms with Gasteiger partial charge in [0, 0.05) is 6.04 Å². The van der Waals surface area contributed by atoms with Gasteiger partial charge in [0.1, 0.15) is 0 Å². The van der Waals surface area contributed by atoms with E-state index in [-0.39, 0.29) is 0 Å². The molecule has 1 atom stereocenters. The minimum atomic E-state index is 0.459. The molecule has 112 valence electrons. The number of nitrogens with zero attached hydrogens (tertiary/aromatic N) is 1. The van der Waals surface area contributed by atoms with Crippen LogP contribution in [-0.4, -0.2) is 31.6 Å². The summed E-state index contributed by atoms with van der Waals surface area (Å²) < 4.78 is 0. The van der Waals surface area contributed by atoms with E-state index in [1.165, 1.54) is 49.0 Å². The number of likely N-dealkylation sites (tertiary alicyclic amines) is 1. The summed E-state index contributed by atoms with van der Waals surface area (Å²) in [4.78, 5) is 2.45. The predicted octanol–water partition coefficient (Wildman–Crippen LogP) is 3.69. The molecule has 0 spiro atoms. The number of piperidine rings is 1. The zero-order valence-electron chi connectivity index (χ0n) is 13.6. The predicted molar refractivity (Wildman–Crippen MR) is 87.2 cm³/mol. The molecule has 0 aliphatic carbocycles. The highest BCUT2D eigenvalue weighted by atomic mass is 15.1. The summed E-state index contributed by atoms with van der Waals surface area (Å²) in [5.41, 5.74) is 4.19. The van der Waals surface area contributed by atoms with Gasteiger partial charge in [-0.1, -0.05) is 18.2 Å². The van der Waals surface area contributed by atoms with E-state index in [9.17, 15) is 0 Å². The molecular formula is C18H30N2. The minimum Gasteiger partial charge on any atom is -0.310 e. The minimum absolute atomic E-state index is 0.459. The van der Waals surface area contributed by atoms with Crippen molar-refractivity contribution >= 4 is 0 Å². The van der Waals surface area contributed by atoms with E-state index < -0.39 is 0 Å². The van der Waals surface area contributed by atoms with Crippen LogP contribution in [0.1, 0.15) is 48.9 Å². The molecule has 1 saturated heterocycles. The van der Waals surface area contributed by atoms with E-state index in [0.29, 0.717) is 6.04 Å². The molecule has 2 rings (SSSR count). The fourth-order valence-electron chi connectivity index (χ4n) is 3.01. The summed E-state index contributed by atoms with van der Waals surface area (Å²) in [6, 6.07) is 7.28. The van der Waals surface area contributed by atoms with Crippen molar-refractivity contribution in [2.45, 2.75) is 46.1 Å². The van der Waals surface area contributed by atoms with Crippen molar-refractivity contribution in [2.24, 2.45) is 5.92 Å². The Balaban J connectivity index is 1.74. The van der Waals surface area contributed by atoms with Crippen molar-refractivity contribution in [3.05, 3.63) is 34.9 Å². The van der Waals surface area contributed by atoms with Gasteiger partial charge in [-0.25, -0.2) is 0 Å². The topological polar surface area (TPSA) is 15.3 Å². The van der Waals surface area contributed by atoms with Crippen molar-refractivity contribution in [3.63, 3.8) is 0 Å². The molecule has 2 nitrogen and oxygen atoms in total. The lowest BCUT2D eigenvalue weighted by molar-refractivity contribution is 0.211. The van der Waals surface area contributed by atoms with Crippen LogP contribution in [0, 0.1) is 19.8 Å². The Bertz CT molecular complexity index is 419. The second-order valence-electron chi connectivity index (χ2n) is 6.55. The molecule has 0 radical (unpaired) electrons. The van der Waals surface area contributed by atoms with Crippen molar-refractivity contribution in [2.75, 3.05) is 26.7 Å². The Morgan fingerprint density at radius 2 is 1.90 bits per heavy atom. The maximum atomic E-state index is 3.69. The number of benzene rings is 1. The van der Waals surface area contributed by atoms with Crippen LogP contribution in [-0.2, 0) is 0 Å². The normalized spacial score (nSPS) is 19.2. The van der Waals surface area contributed by atoms with Gasteiger partial charge in [-0.2, -0.15) is 0 Å². The number of rotatable bonds is 5. The largest absolute Gasteiger partial charge is 0.310 e. The molecule has 1 aliphatic heterocycles. The molecule has 1 unspecified atom stereocenters. The van der Waals surface area contributed by atoms with Gasteiger partial charge in [-0.05, 0) is 89.3 Å². The molecule has 1 aromatic carbocycles. The Kier molecular flexibility index (Phi) is 5.62. The Morgan fingerprint density at radius 1 is 1.20 bits per heavy atom. The van der Waals surface area contributed by atoms with E-state index in [1.54, 1.807) is 0 Å². The van der Waals surface area contributed by atoms with E-state index in [4.69, 9.17) is 0 Å². The summed E-state index contributed by atoms with van der Waals surface area (Å²) in [6.45, 7) is 10.3. The summed E-state index contributed by atoms with van der Waals surface area (Å²) in [5.74, 6) is 0.922. The van der Waals surface area contributed by atoms with Gasteiger partial charge in [0.25, 0.3) is 0 Å². The summed E-state index contributed by atoms with van der Waals surface area (Å²) >= 11 is 0. The van der Waals surface area contributed by atoms with E-state index in [2.05, 4.69) is 56.2 Å². The van der Waals surface area contributed by atoms with Crippen molar-refractivity contribution in [1.82, 2.24) is 10.2 Å². The molecule has 1 aliphatic rings. The highest BCUT2D eigenvalue weighted by molar-refractivity contribution is 5.31. The van der Waals surface area contributed by atoms with Gasteiger partial charge < -0.3 is 10.2 Å². The lowest BCUT2D eigenvalue weighted by atomic mass is 9.93. The van der Waals surface area contributed by atoms with Crippen LogP contribution in [0.5, 0.6) is 0 Å². The molecule has 2 heteroatoms. The number of hydrogen-bond acceptors (Lipinski definition) is 2. The molecule has 1 fully saturated rings. The zero-order chi connectivity index (χ0) is 14.5. The van der Waals surface area contributed by atoms with E-state index in [1.807, 2.05) is 0 Å². The average molecular weight is 274 g/mol. The van der Waals surface area contributed by atoms with Crippen LogP contribution in [0.15, 0.2) is 18.2 Å². The highest BCUT2D eigenvalue weighted by Crippen LogP contribution is 2.20. The fraction of sp³-hybridized carbons (Fsp3) is 0.667. The molecule has 20 heavy (non-hydrogen) atoms. The molecule has 0 bridgehead atoms. The first-order valence-electron chi connectivity index (χ1n) is 8.05. The zero-order valence-corrected chi connectivity index (χ0v) is 13.6. The van der Waals surface area contributed by atoms with Gasteiger partial charge >= 0.3 is 0 Å². The third kappa shape index (κ3) is 4.32. The van der Waals surface area contributed by atoms with Crippen molar-refractivity contribution < 1.29 is 0 Å². The maximum Gasteiger partial charge on any atom is 0.0291 e. The smallest absolute Gasteiger partial charge is 0.0291 e. The van der Waals surface area contributed by atoms with Crippen LogP contribution in [0.25, 0.3) is 0 Å². The molecule has 1 aromatic rings. The Morgan fingerprint density at radius 3 is 2.55 bits per heavy atom. The molecule has 0 saturated carbocycles. The monoisotopic (exact) mass is 274 g/mol. The first-order valence-corrected chi connectivity index (χ1v) is 8.05. The molecule has 1 heterocycles. The van der Waals surface area contributed by atoms with E-state index in [0.717, 1.165) is 12.5 Å². The second kappa shape index (κ2) is 7.24. The van der Waals surface area contributed by atoms with Crippen molar-refractivity contribution in [1.29, 1.82) is 0 Å². The molecule has 0 aromatic heterocycles. The summed E-state index contributed by atoms with van der Waals surface area (Å²) in [5, 5.41) is 3.69. The summed E-state index contributed by atoms with van der Waals surface area (Å²) in [7, 11) is 2.23. The highest BCUT2D eigenvalue weighted by Gasteiger charge is 2.16. The number of aryl methyl sites for hydroxylation is 2. The SMILES string of the molecule is Cc1ccc(C(C)NCCC2CCN(C)CC2)cc1C. The van der Waals surface area contributed by atoms with Gasteiger partial charge in [0.05, 0.1) is 0 Å². The molecular weight excluding hydrogens is 244 g/mol. The summed E-state index contributed by atoms with van der Waals surface area (Å²) in [6.07, 6.45) is 4.06. The maximum absolute atomic E-state index is 3.69. The average Bonchev–Trinajstić information content (AvgIpc) is 2.44. The molecule has 0 amide bonds. The quantitative estimate of drug-likeness (QED) is 0.881. The van der Waals surface area contributed by atoms with Crippen LogP contribution in [0.3, 0.4) is 0 Å². The van der Waals surface area contributed by atoms with Gasteiger partial charge in [0.2, 0.25) is 0 Å². The van der Waals surface area contributed by atoms with Crippen LogP contribution in [0.4, 0.5) is 0 Å². The Labute approximate surface area is 124 Å². The lowest BCUT2D eigenvalue weighted by Gasteiger charge is -2.29. The van der Waals surface area contributed by atoms with Gasteiger partial charge in [-0.15, -0.1) is 0 Å². The van der Waals surface area contributed by atoms with Gasteiger partial charge in [-0.3, -0.25) is 0 Å². The third-order valence-electron chi connectivity index (χ3n) is 4.87. The van der Waals surface area contributed by atoms with Crippen LogP contribution >= 0.6 is 0 Å². The van der Waals surface area contributed by atoms with Crippen LogP contribution in [0.2, 0.25) is 0 Å². The first-order chi connectivity index (χ1) is 9.56. The van der Waals surface area contributed by atoms with Crippen molar-refractivity contribution in [3.8, 4) is 0 Å². The van der Waals surface area contributed by atoms with Crippen LogP contribution < -0.4 is 5.32 Å². The molecule has 1 N–H and O–H groups in total. The Hall–Kier alpha value is -0.860. The number of hydrogen-bond donors (Lipinski definition) is 1.